The maximum Gasteiger partial charge on any atom is 0.203 e. The second-order valence-electron chi connectivity index (χ2n) is 6.28. The van der Waals surface area contributed by atoms with Crippen LogP contribution in [0.5, 0.6) is 0 Å². The third kappa shape index (κ3) is 4.20. The number of quaternary nitrogens is 1. The molecule has 0 bridgehead atoms. The van der Waals surface area contributed by atoms with E-state index in [0.29, 0.717) is 16.5 Å². The van der Waals surface area contributed by atoms with E-state index in [1.807, 2.05) is 45.6 Å². The Morgan fingerprint density at radius 1 is 1.12 bits per heavy atom. The predicted octanol–water partition coefficient (Wildman–Crippen LogP) is 3.57. The molecule has 3 aromatic rings. The maximum absolute atomic E-state index is 13.1. The lowest BCUT2D eigenvalue weighted by atomic mass is 10.2. The van der Waals surface area contributed by atoms with Gasteiger partial charge < -0.3 is 9.47 Å². The van der Waals surface area contributed by atoms with Crippen molar-refractivity contribution in [2.24, 2.45) is 0 Å². The highest BCUT2D eigenvalue weighted by atomic mass is 35.5. The van der Waals surface area contributed by atoms with Crippen molar-refractivity contribution in [2.75, 3.05) is 7.05 Å². The van der Waals surface area contributed by atoms with Crippen LogP contribution >= 0.6 is 23.8 Å². The van der Waals surface area contributed by atoms with Crippen molar-refractivity contribution < 1.29 is 9.29 Å². The average Bonchev–Trinajstić information content (AvgIpc) is 2.93. The molecule has 0 aliphatic rings. The molecule has 26 heavy (non-hydrogen) atoms. The standard InChI is InChI=1S/C19H20ClFN4S/c1-3-24-18(15-6-8-16(20)9-7-15)22-25(19(24)26)13-23(2)12-14-4-10-17(21)11-5-14/h4-11H,3,12-13H2,1-2H3/p+1. The minimum atomic E-state index is -0.220. The van der Waals surface area contributed by atoms with Gasteiger partial charge in [0, 0.05) is 22.7 Å². The lowest BCUT2D eigenvalue weighted by molar-refractivity contribution is -0.917. The fraction of sp³-hybridized carbons (Fsp3) is 0.263. The normalized spacial score (nSPS) is 12.3. The van der Waals surface area contributed by atoms with Gasteiger partial charge >= 0.3 is 0 Å². The molecule has 0 saturated carbocycles. The van der Waals surface area contributed by atoms with Gasteiger partial charge in [0.05, 0.1) is 7.05 Å². The van der Waals surface area contributed by atoms with Crippen LogP contribution in [-0.2, 0) is 19.8 Å². The Morgan fingerprint density at radius 2 is 1.77 bits per heavy atom. The lowest BCUT2D eigenvalue weighted by Gasteiger charge is -2.13. The second-order valence-corrected chi connectivity index (χ2v) is 7.08. The molecular formula is C19H21ClFN4S+. The average molecular weight is 392 g/mol. The molecule has 1 heterocycles. The highest BCUT2D eigenvalue weighted by Gasteiger charge is 2.14. The molecule has 0 aliphatic heterocycles. The first-order valence-corrected chi connectivity index (χ1v) is 9.26. The molecule has 0 aliphatic carbocycles. The number of nitrogens with one attached hydrogen (secondary N) is 1. The third-order valence-corrected chi connectivity index (χ3v) is 4.86. The zero-order valence-electron chi connectivity index (χ0n) is 14.7. The largest absolute Gasteiger partial charge is 0.315 e. The molecule has 0 spiro atoms. The van der Waals surface area contributed by atoms with Crippen LogP contribution in [-0.4, -0.2) is 21.4 Å². The van der Waals surface area contributed by atoms with Crippen molar-refractivity contribution in [1.29, 1.82) is 0 Å². The van der Waals surface area contributed by atoms with E-state index in [0.717, 1.165) is 30.0 Å². The molecular weight excluding hydrogens is 371 g/mol. The first-order valence-electron chi connectivity index (χ1n) is 8.47. The molecule has 3 rings (SSSR count). The van der Waals surface area contributed by atoms with Gasteiger partial charge in [-0.25, -0.2) is 4.39 Å². The van der Waals surface area contributed by atoms with Crippen LogP contribution < -0.4 is 4.90 Å². The van der Waals surface area contributed by atoms with Gasteiger partial charge in [-0.15, -0.1) is 5.10 Å². The Labute approximate surface area is 162 Å². The summed E-state index contributed by atoms with van der Waals surface area (Å²) in [7, 11) is 2.07. The molecule has 4 nitrogen and oxygen atoms in total. The summed E-state index contributed by atoms with van der Waals surface area (Å²) < 4.78 is 17.6. The number of halogens is 2. The maximum atomic E-state index is 13.1. The van der Waals surface area contributed by atoms with Crippen molar-refractivity contribution in [2.45, 2.75) is 26.7 Å². The lowest BCUT2D eigenvalue weighted by Crippen LogP contribution is -3.07. The minimum Gasteiger partial charge on any atom is -0.315 e. The zero-order chi connectivity index (χ0) is 18.7. The molecule has 0 fully saturated rings. The summed E-state index contributed by atoms with van der Waals surface area (Å²) in [5.74, 6) is 0.617. The van der Waals surface area contributed by atoms with Crippen LogP contribution in [0, 0.1) is 10.6 Å². The Bertz CT molecular complexity index is 932. The summed E-state index contributed by atoms with van der Waals surface area (Å²) >= 11 is 11.6. The Kier molecular flexibility index (Phi) is 5.86. The van der Waals surface area contributed by atoms with Crippen LogP contribution in [0.3, 0.4) is 0 Å². The molecule has 1 atom stereocenters. The smallest absolute Gasteiger partial charge is 0.203 e. The summed E-state index contributed by atoms with van der Waals surface area (Å²) in [5.41, 5.74) is 2.06. The fourth-order valence-electron chi connectivity index (χ4n) is 2.90. The monoisotopic (exact) mass is 391 g/mol. The summed E-state index contributed by atoms with van der Waals surface area (Å²) in [6.45, 7) is 4.19. The molecule has 0 saturated heterocycles. The molecule has 2 aromatic carbocycles. The van der Waals surface area contributed by atoms with E-state index in [9.17, 15) is 4.39 Å². The van der Waals surface area contributed by atoms with Crippen molar-refractivity contribution >= 4 is 23.8 Å². The summed E-state index contributed by atoms with van der Waals surface area (Å²) in [6.07, 6.45) is 0. The topological polar surface area (TPSA) is 27.2 Å². The van der Waals surface area contributed by atoms with Gasteiger partial charge in [-0.05, 0) is 55.5 Å². The van der Waals surface area contributed by atoms with E-state index in [1.165, 1.54) is 17.0 Å². The van der Waals surface area contributed by atoms with E-state index < -0.39 is 0 Å². The van der Waals surface area contributed by atoms with E-state index in [1.54, 1.807) is 0 Å². The first kappa shape index (κ1) is 18.8. The van der Waals surface area contributed by atoms with Crippen LogP contribution in [0.4, 0.5) is 4.39 Å². The number of rotatable bonds is 6. The first-order chi connectivity index (χ1) is 12.5. The summed E-state index contributed by atoms with van der Waals surface area (Å²) in [4.78, 5) is 1.20. The number of aromatic nitrogens is 3. The van der Waals surface area contributed by atoms with Crippen LogP contribution in [0.1, 0.15) is 12.5 Å². The van der Waals surface area contributed by atoms with E-state index in [4.69, 9.17) is 28.9 Å². The molecule has 1 unspecified atom stereocenters. The Morgan fingerprint density at radius 3 is 2.38 bits per heavy atom. The summed E-state index contributed by atoms with van der Waals surface area (Å²) in [5, 5.41) is 5.42. The predicted molar refractivity (Wildman–Crippen MR) is 104 cm³/mol. The number of nitrogens with zero attached hydrogens (tertiary/aromatic N) is 3. The number of hydrogen-bond donors (Lipinski definition) is 1. The Balaban J connectivity index is 1.82. The molecule has 136 valence electrons. The van der Waals surface area contributed by atoms with Gasteiger partial charge in [0.1, 0.15) is 12.4 Å². The van der Waals surface area contributed by atoms with Crippen molar-refractivity contribution in [3.05, 3.63) is 69.7 Å². The van der Waals surface area contributed by atoms with E-state index in [-0.39, 0.29) is 5.82 Å². The molecule has 7 heteroatoms. The fourth-order valence-corrected chi connectivity index (χ4v) is 3.35. The summed E-state index contributed by atoms with van der Waals surface area (Å²) in [6, 6.07) is 14.2. The van der Waals surface area contributed by atoms with Gasteiger partial charge in [-0.1, -0.05) is 23.7 Å². The highest BCUT2D eigenvalue weighted by Crippen LogP contribution is 2.20. The van der Waals surface area contributed by atoms with E-state index in [2.05, 4.69) is 14.0 Å². The van der Waals surface area contributed by atoms with Crippen LogP contribution in [0.25, 0.3) is 11.4 Å². The van der Waals surface area contributed by atoms with Gasteiger partial charge in [-0.2, -0.15) is 4.68 Å². The van der Waals surface area contributed by atoms with Crippen LogP contribution in [0.15, 0.2) is 48.5 Å². The second kappa shape index (κ2) is 8.12. The number of benzene rings is 2. The van der Waals surface area contributed by atoms with Crippen LogP contribution in [0.2, 0.25) is 5.02 Å². The SMILES string of the molecule is CCn1c(-c2ccc(Cl)cc2)nn(C[NH+](C)Cc2ccc(F)cc2)c1=S. The van der Waals surface area contributed by atoms with Gasteiger partial charge in [0.25, 0.3) is 0 Å². The van der Waals surface area contributed by atoms with Crippen molar-refractivity contribution in [3.63, 3.8) is 0 Å². The molecule has 0 radical (unpaired) electrons. The molecule has 1 N–H and O–H groups in total. The highest BCUT2D eigenvalue weighted by molar-refractivity contribution is 7.71. The van der Waals surface area contributed by atoms with Crippen molar-refractivity contribution in [3.8, 4) is 11.4 Å². The minimum absolute atomic E-state index is 0.220. The van der Waals surface area contributed by atoms with E-state index >= 15 is 0 Å². The quantitative estimate of drug-likeness (QED) is 0.650. The molecule has 1 aromatic heterocycles. The molecule has 0 amide bonds. The Hall–Kier alpha value is -2.02. The van der Waals surface area contributed by atoms with Gasteiger partial charge in [0.15, 0.2) is 12.5 Å². The van der Waals surface area contributed by atoms with Gasteiger partial charge in [-0.3, -0.25) is 0 Å². The number of hydrogen-bond acceptors (Lipinski definition) is 2. The third-order valence-electron chi connectivity index (χ3n) is 4.18. The zero-order valence-corrected chi connectivity index (χ0v) is 16.3. The van der Waals surface area contributed by atoms with Crippen molar-refractivity contribution in [1.82, 2.24) is 14.3 Å². The van der Waals surface area contributed by atoms with Gasteiger partial charge in [0.2, 0.25) is 4.77 Å².